The zero-order valence-corrected chi connectivity index (χ0v) is 7.16. The minimum absolute atomic E-state index is 0.765. The molecule has 0 aliphatic carbocycles. The Balaban J connectivity index is 2.09. The maximum atomic E-state index is 2.60. The van der Waals surface area contributed by atoms with E-state index in [4.69, 9.17) is 0 Å². The van der Waals surface area contributed by atoms with Crippen LogP contribution in [0, 0.1) is 0 Å². The standard InChI is InChI=1S/C11H13N/c1-2-5-10-9(4-1)8-12-7-3-6-11(10)12/h1-2,4-5,11H,3,6-8H2. The minimum atomic E-state index is 0.765. The van der Waals surface area contributed by atoms with E-state index in [9.17, 15) is 0 Å². The van der Waals surface area contributed by atoms with Crippen molar-refractivity contribution >= 4 is 0 Å². The molecule has 1 nitrogen and oxygen atoms in total. The van der Waals surface area contributed by atoms with Crippen LogP contribution in [0.5, 0.6) is 0 Å². The third-order valence-corrected chi connectivity index (χ3v) is 3.15. The summed E-state index contributed by atoms with van der Waals surface area (Å²) in [6.07, 6.45) is 2.76. The summed E-state index contributed by atoms with van der Waals surface area (Å²) in [6.45, 7) is 2.50. The molecule has 0 bridgehead atoms. The van der Waals surface area contributed by atoms with Gasteiger partial charge in [-0.2, -0.15) is 0 Å². The average molecular weight is 159 g/mol. The Morgan fingerprint density at radius 3 is 3.17 bits per heavy atom. The van der Waals surface area contributed by atoms with Crippen LogP contribution in [0.1, 0.15) is 30.0 Å². The van der Waals surface area contributed by atoms with Crippen LogP contribution in [0.2, 0.25) is 0 Å². The first kappa shape index (κ1) is 6.67. The molecule has 3 rings (SSSR count). The van der Waals surface area contributed by atoms with Crippen molar-refractivity contribution in [3.05, 3.63) is 35.4 Å². The smallest absolute Gasteiger partial charge is 0.0355 e. The van der Waals surface area contributed by atoms with Gasteiger partial charge in [-0.3, -0.25) is 4.90 Å². The highest BCUT2D eigenvalue weighted by atomic mass is 15.2. The van der Waals surface area contributed by atoms with Crippen molar-refractivity contribution in [3.63, 3.8) is 0 Å². The fourth-order valence-corrected chi connectivity index (χ4v) is 2.59. The van der Waals surface area contributed by atoms with Crippen LogP contribution in [-0.2, 0) is 6.54 Å². The lowest BCUT2D eigenvalue weighted by atomic mass is 10.0. The Morgan fingerprint density at radius 2 is 2.17 bits per heavy atom. The number of nitrogens with zero attached hydrogens (tertiary/aromatic N) is 1. The molecular formula is C11H13N. The molecule has 1 atom stereocenters. The van der Waals surface area contributed by atoms with E-state index in [1.807, 2.05) is 0 Å². The van der Waals surface area contributed by atoms with Gasteiger partial charge in [0.05, 0.1) is 0 Å². The summed E-state index contributed by atoms with van der Waals surface area (Å²) < 4.78 is 0. The second-order valence-corrected chi connectivity index (χ2v) is 3.83. The van der Waals surface area contributed by atoms with E-state index >= 15 is 0 Å². The molecule has 12 heavy (non-hydrogen) atoms. The molecule has 0 radical (unpaired) electrons. The van der Waals surface area contributed by atoms with Crippen LogP contribution in [0.15, 0.2) is 24.3 Å². The fraction of sp³-hybridized carbons (Fsp3) is 0.455. The first-order valence-electron chi connectivity index (χ1n) is 4.77. The number of fused-ring (bicyclic) bond motifs is 3. The molecule has 2 heterocycles. The molecule has 1 heteroatoms. The third kappa shape index (κ3) is 0.774. The first-order chi connectivity index (χ1) is 5.95. The Hall–Kier alpha value is -0.820. The van der Waals surface area contributed by atoms with Crippen molar-refractivity contribution in [2.75, 3.05) is 6.54 Å². The predicted octanol–water partition coefficient (Wildman–Crippen LogP) is 2.34. The summed E-state index contributed by atoms with van der Waals surface area (Å²) in [5.41, 5.74) is 3.15. The van der Waals surface area contributed by atoms with E-state index in [1.165, 1.54) is 25.9 Å². The SMILES string of the molecule is c1ccc2c(c1)CN1CCCC21. The summed E-state index contributed by atoms with van der Waals surface area (Å²) in [7, 11) is 0. The third-order valence-electron chi connectivity index (χ3n) is 3.15. The second-order valence-electron chi connectivity index (χ2n) is 3.83. The van der Waals surface area contributed by atoms with Gasteiger partial charge in [0.2, 0.25) is 0 Å². The Labute approximate surface area is 73.0 Å². The highest BCUT2D eigenvalue weighted by molar-refractivity contribution is 5.34. The van der Waals surface area contributed by atoms with Crippen LogP contribution in [0.25, 0.3) is 0 Å². The van der Waals surface area contributed by atoms with Gasteiger partial charge in [-0.05, 0) is 30.5 Å². The van der Waals surface area contributed by atoms with Crippen molar-refractivity contribution in [1.82, 2.24) is 4.90 Å². The van der Waals surface area contributed by atoms with Gasteiger partial charge in [-0.1, -0.05) is 24.3 Å². The number of rotatable bonds is 0. The monoisotopic (exact) mass is 159 g/mol. The summed E-state index contributed by atoms with van der Waals surface area (Å²) in [5, 5.41) is 0. The summed E-state index contributed by atoms with van der Waals surface area (Å²) >= 11 is 0. The van der Waals surface area contributed by atoms with Gasteiger partial charge in [0, 0.05) is 12.6 Å². The summed E-state index contributed by atoms with van der Waals surface area (Å²) in [4.78, 5) is 2.60. The van der Waals surface area contributed by atoms with E-state index in [2.05, 4.69) is 29.2 Å². The zero-order chi connectivity index (χ0) is 7.97. The quantitative estimate of drug-likeness (QED) is 0.561. The summed E-state index contributed by atoms with van der Waals surface area (Å²) in [6, 6.07) is 9.65. The van der Waals surface area contributed by atoms with Gasteiger partial charge < -0.3 is 0 Å². The molecule has 1 unspecified atom stereocenters. The van der Waals surface area contributed by atoms with Gasteiger partial charge in [-0.15, -0.1) is 0 Å². The van der Waals surface area contributed by atoms with E-state index in [1.54, 1.807) is 11.1 Å². The van der Waals surface area contributed by atoms with Crippen molar-refractivity contribution in [2.45, 2.75) is 25.4 Å². The Morgan fingerprint density at radius 1 is 1.25 bits per heavy atom. The lowest BCUT2D eigenvalue weighted by Crippen LogP contribution is -2.14. The molecule has 0 aromatic heterocycles. The molecular weight excluding hydrogens is 146 g/mol. The van der Waals surface area contributed by atoms with Crippen molar-refractivity contribution in [1.29, 1.82) is 0 Å². The van der Waals surface area contributed by atoms with E-state index < -0.39 is 0 Å². The normalized spacial score (nSPS) is 27.2. The van der Waals surface area contributed by atoms with Gasteiger partial charge in [0.25, 0.3) is 0 Å². The molecule has 1 aromatic rings. The maximum Gasteiger partial charge on any atom is 0.0355 e. The van der Waals surface area contributed by atoms with Crippen molar-refractivity contribution < 1.29 is 0 Å². The highest BCUT2D eigenvalue weighted by Crippen LogP contribution is 2.40. The molecule has 62 valence electrons. The minimum Gasteiger partial charge on any atom is -0.292 e. The van der Waals surface area contributed by atoms with Crippen LogP contribution in [-0.4, -0.2) is 11.4 Å². The van der Waals surface area contributed by atoms with Crippen LogP contribution in [0.3, 0.4) is 0 Å². The lowest BCUT2D eigenvalue weighted by molar-refractivity contribution is 0.280. The number of hydrogen-bond donors (Lipinski definition) is 0. The average Bonchev–Trinajstić information content (AvgIpc) is 2.62. The van der Waals surface area contributed by atoms with Gasteiger partial charge >= 0.3 is 0 Å². The topological polar surface area (TPSA) is 3.24 Å². The van der Waals surface area contributed by atoms with Crippen LogP contribution in [0.4, 0.5) is 0 Å². The predicted molar refractivity (Wildman–Crippen MR) is 48.8 cm³/mol. The van der Waals surface area contributed by atoms with E-state index in [0.717, 1.165) is 6.04 Å². The fourth-order valence-electron chi connectivity index (χ4n) is 2.59. The molecule has 0 saturated carbocycles. The van der Waals surface area contributed by atoms with E-state index in [-0.39, 0.29) is 0 Å². The molecule has 2 aliphatic heterocycles. The number of hydrogen-bond acceptors (Lipinski definition) is 1. The summed E-state index contributed by atoms with van der Waals surface area (Å²) in [5.74, 6) is 0. The zero-order valence-electron chi connectivity index (χ0n) is 7.16. The molecule has 0 spiro atoms. The van der Waals surface area contributed by atoms with Gasteiger partial charge in [0.15, 0.2) is 0 Å². The largest absolute Gasteiger partial charge is 0.292 e. The van der Waals surface area contributed by atoms with Gasteiger partial charge in [-0.25, -0.2) is 0 Å². The second kappa shape index (κ2) is 2.33. The molecule has 1 fully saturated rings. The molecule has 1 saturated heterocycles. The molecule has 2 aliphatic rings. The number of benzene rings is 1. The Bertz CT molecular complexity index is 306. The van der Waals surface area contributed by atoms with Gasteiger partial charge in [0.1, 0.15) is 0 Å². The van der Waals surface area contributed by atoms with Crippen LogP contribution >= 0.6 is 0 Å². The first-order valence-corrected chi connectivity index (χ1v) is 4.77. The molecule has 0 N–H and O–H groups in total. The molecule has 1 aromatic carbocycles. The highest BCUT2D eigenvalue weighted by Gasteiger charge is 2.32. The maximum absolute atomic E-state index is 2.60. The van der Waals surface area contributed by atoms with Crippen molar-refractivity contribution in [3.8, 4) is 0 Å². The Kier molecular flexibility index (Phi) is 1.30. The van der Waals surface area contributed by atoms with Crippen LogP contribution < -0.4 is 0 Å². The lowest BCUT2D eigenvalue weighted by Gasteiger charge is -2.13. The molecule has 0 amide bonds. The van der Waals surface area contributed by atoms with Crippen molar-refractivity contribution in [2.24, 2.45) is 0 Å². The van der Waals surface area contributed by atoms with E-state index in [0.29, 0.717) is 0 Å².